The van der Waals surface area contributed by atoms with Crippen LogP contribution in [0.3, 0.4) is 0 Å². The van der Waals surface area contributed by atoms with E-state index in [1.54, 1.807) is 24.3 Å². The van der Waals surface area contributed by atoms with Crippen LogP contribution in [0.2, 0.25) is 5.02 Å². The van der Waals surface area contributed by atoms with Crippen LogP contribution >= 0.6 is 11.6 Å². The summed E-state index contributed by atoms with van der Waals surface area (Å²) in [6.45, 7) is 1.71. The lowest BCUT2D eigenvalue weighted by Gasteiger charge is -2.21. The average Bonchev–Trinajstić information content (AvgIpc) is 2.83. The van der Waals surface area contributed by atoms with Gasteiger partial charge in [0, 0.05) is 24.1 Å². The summed E-state index contributed by atoms with van der Waals surface area (Å²) >= 11 is 5.90. The summed E-state index contributed by atoms with van der Waals surface area (Å²) in [7, 11) is 0. The molecule has 3 aromatic rings. The van der Waals surface area contributed by atoms with Gasteiger partial charge >= 0.3 is 0 Å². The van der Waals surface area contributed by atoms with Gasteiger partial charge in [-0.15, -0.1) is 0 Å². The van der Waals surface area contributed by atoms with Crippen molar-refractivity contribution in [2.45, 2.75) is 38.4 Å². The standard InChI is InChI=1S/C27H26ClF2N3O3/c1-17(32-25(34)14-20-11-22(29)15-23(30)12-20)26(35)33-24(13-18-5-3-2-4-6-18)27(36)31-16-19-7-9-21(28)10-8-19/h2-12,15,17,24H,13-14,16H2,1H3,(H,31,36)(H,32,34)(H,33,35)/t17-,24-/m0/s1. The first-order chi connectivity index (χ1) is 17.2. The molecular weight excluding hydrogens is 488 g/mol. The summed E-state index contributed by atoms with van der Waals surface area (Å²) < 4.78 is 26.8. The van der Waals surface area contributed by atoms with Gasteiger partial charge < -0.3 is 16.0 Å². The third kappa shape index (κ3) is 8.46. The highest BCUT2D eigenvalue weighted by Crippen LogP contribution is 2.11. The molecule has 3 amide bonds. The highest BCUT2D eigenvalue weighted by Gasteiger charge is 2.24. The predicted molar refractivity (Wildman–Crippen MR) is 133 cm³/mol. The molecule has 3 aromatic carbocycles. The molecular formula is C27H26ClF2N3O3. The van der Waals surface area contributed by atoms with Crippen molar-refractivity contribution < 1.29 is 23.2 Å². The van der Waals surface area contributed by atoms with E-state index in [9.17, 15) is 23.2 Å². The van der Waals surface area contributed by atoms with Crippen LogP contribution in [0.25, 0.3) is 0 Å². The highest BCUT2D eigenvalue weighted by atomic mass is 35.5. The van der Waals surface area contributed by atoms with Crippen molar-refractivity contribution in [1.29, 1.82) is 0 Å². The lowest BCUT2D eigenvalue weighted by atomic mass is 10.0. The molecule has 0 unspecified atom stereocenters. The van der Waals surface area contributed by atoms with E-state index in [-0.39, 0.29) is 24.9 Å². The number of nitrogens with one attached hydrogen (secondary N) is 3. The van der Waals surface area contributed by atoms with Gasteiger partial charge in [0.1, 0.15) is 23.7 Å². The predicted octanol–water partition coefficient (Wildman–Crippen LogP) is 3.71. The number of hydrogen-bond donors (Lipinski definition) is 3. The van der Waals surface area contributed by atoms with Gasteiger partial charge in [0.15, 0.2) is 0 Å². The molecule has 6 nitrogen and oxygen atoms in total. The van der Waals surface area contributed by atoms with Gasteiger partial charge in [-0.25, -0.2) is 8.78 Å². The molecule has 188 valence electrons. The summed E-state index contributed by atoms with van der Waals surface area (Å²) in [6.07, 6.45) is -0.0659. The Balaban J connectivity index is 1.62. The number of benzene rings is 3. The molecule has 3 N–H and O–H groups in total. The van der Waals surface area contributed by atoms with Crippen molar-refractivity contribution in [2.75, 3.05) is 0 Å². The maximum atomic E-state index is 13.4. The maximum absolute atomic E-state index is 13.4. The van der Waals surface area contributed by atoms with Crippen LogP contribution in [-0.4, -0.2) is 29.8 Å². The Bertz CT molecular complexity index is 1190. The Labute approximate surface area is 213 Å². The van der Waals surface area contributed by atoms with E-state index in [0.29, 0.717) is 11.1 Å². The quantitative estimate of drug-likeness (QED) is 0.386. The third-order valence-electron chi connectivity index (χ3n) is 5.35. The van der Waals surface area contributed by atoms with E-state index in [0.717, 1.165) is 23.3 Å². The van der Waals surface area contributed by atoms with Crippen LogP contribution in [-0.2, 0) is 33.8 Å². The summed E-state index contributed by atoms with van der Waals surface area (Å²) in [6, 6.07) is 17.1. The molecule has 0 fully saturated rings. The fraction of sp³-hybridized carbons (Fsp3) is 0.222. The molecule has 0 heterocycles. The SMILES string of the molecule is C[C@H](NC(=O)Cc1cc(F)cc(F)c1)C(=O)N[C@@H](Cc1ccccc1)C(=O)NCc1ccc(Cl)cc1. The Morgan fingerprint density at radius 1 is 0.806 bits per heavy atom. The van der Waals surface area contributed by atoms with E-state index >= 15 is 0 Å². The molecule has 0 bridgehead atoms. The van der Waals surface area contributed by atoms with Crippen LogP contribution in [0.1, 0.15) is 23.6 Å². The molecule has 0 aliphatic heterocycles. The van der Waals surface area contributed by atoms with Gasteiger partial charge in [0.05, 0.1) is 6.42 Å². The Hall–Kier alpha value is -3.78. The number of halogens is 3. The summed E-state index contributed by atoms with van der Waals surface area (Å²) in [5.74, 6) is -3.14. The zero-order valence-electron chi connectivity index (χ0n) is 19.6. The largest absolute Gasteiger partial charge is 0.350 e. The number of carbonyl (C=O) groups excluding carboxylic acids is 3. The highest BCUT2D eigenvalue weighted by molar-refractivity contribution is 6.30. The van der Waals surface area contributed by atoms with E-state index in [4.69, 9.17) is 11.6 Å². The van der Waals surface area contributed by atoms with Gasteiger partial charge in [0.25, 0.3) is 0 Å². The molecule has 0 spiro atoms. The first-order valence-corrected chi connectivity index (χ1v) is 11.7. The minimum atomic E-state index is -0.988. The van der Waals surface area contributed by atoms with Crippen LogP contribution < -0.4 is 16.0 Å². The third-order valence-corrected chi connectivity index (χ3v) is 5.61. The molecule has 36 heavy (non-hydrogen) atoms. The molecule has 0 saturated heterocycles. The van der Waals surface area contributed by atoms with E-state index in [2.05, 4.69) is 16.0 Å². The first-order valence-electron chi connectivity index (χ1n) is 11.3. The Morgan fingerprint density at radius 3 is 2.08 bits per heavy atom. The summed E-state index contributed by atoms with van der Waals surface area (Å²) in [5.41, 5.74) is 1.82. The number of carbonyl (C=O) groups is 3. The second kappa shape index (κ2) is 12.8. The molecule has 0 aliphatic rings. The lowest BCUT2D eigenvalue weighted by Crippen LogP contribution is -2.53. The van der Waals surface area contributed by atoms with Crippen molar-refractivity contribution in [3.63, 3.8) is 0 Å². The van der Waals surface area contributed by atoms with Crippen LogP contribution in [0.15, 0.2) is 72.8 Å². The molecule has 0 aromatic heterocycles. The minimum absolute atomic E-state index is 0.140. The topological polar surface area (TPSA) is 87.3 Å². The molecule has 0 saturated carbocycles. The number of rotatable bonds is 10. The van der Waals surface area contributed by atoms with Gasteiger partial charge in [-0.1, -0.05) is 54.1 Å². The zero-order valence-corrected chi connectivity index (χ0v) is 20.3. The average molecular weight is 514 g/mol. The molecule has 9 heteroatoms. The molecule has 0 aliphatic carbocycles. The van der Waals surface area contributed by atoms with Gasteiger partial charge in [-0.3, -0.25) is 14.4 Å². The van der Waals surface area contributed by atoms with E-state index in [1.807, 2.05) is 30.3 Å². The fourth-order valence-corrected chi connectivity index (χ4v) is 3.65. The van der Waals surface area contributed by atoms with Gasteiger partial charge in [-0.2, -0.15) is 0 Å². The summed E-state index contributed by atoms with van der Waals surface area (Å²) in [5, 5.41) is 8.58. The van der Waals surface area contributed by atoms with Crippen LogP contribution in [0.5, 0.6) is 0 Å². The van der Waals surface area contributed by atoms with Crippen molar-refractivity contribution in [3.8, 4) is 0 Å². The van der Waals surface area contributed by atoms with Crippen LogP contribution in [0.4, 0.5) is 8.78 Å². The van der Waals surface area contributed by atoms with Crippen molar-refractivity contribution in [1.82, 2.24) is 16.0 Å². The van der Waals surface area contributed by atoms with Crippen molar-refractivity contribution in [3.05, 3.63) is 106 Å². The monoisotopic (exact) mass is 513 g/mol. The Morgan fingerprint density at radius 2 is 1.44 bits per heavy atom. The smallest absolute Gasteiger partial charge is 0.243 e. The van der Waals surface area contributed by atoms with Crippen LogP contribution in [0, 0.1) is 11.6 Å². The van der Waals surface area contributed by atoms with E-state index < -0.39 is 41.4 Å². The number of amides is 3. The molecule has 3 rings (SSSR count). The summed E-state index contributed by atoms with van der Waals surface area (Å²) in [4.78, 5) is 38.1. The first kappa shape index (κ1) is 26.8. The molecule has 0 radical (unpaired) electrons. The second-order valence-corrected chi connectivity index (χ2v) is 8.78. The van der Waals surface area contributed by atoms with Crippen molar-refractivity contribution >= 4 is 29.3 Å². The normalized spacial score (nSPS) is 12.3. The minimum Gasteiger partial charge on any atom is -0.350 e. The Kier molecular flexibility index (Phi) is 9.53. The van der Waals surface area contributed by atoms with Crippen molar-refractivity contribution in [2.24, 2.45) is 0 Å². The molecule has 2 atom stereocenters. The van der Waals surface area contributed by atoms with Gasteiger partial charge in [0.2, 0.25) is 17.7 Å². The number of hydrogen-bond acceptors (Lipinski definition) is 3. The maximum Gasteiger partial charge on any atom is 0.243 e. The second-order valence-electron chi connectivity index (χ2n) is 8.34. The van der Waals surface area contributed by atoms with Gasteiger partial charge in [-0.05, 0) is 47.9 Å². The fourth-order valence-electron chi connectivity index (χ4n) is 3.53. The zero-order chi connectivity index (χ0) is 26.1. The van der Waals surface area contributed by atoms with E-state index in [1.165, 1.54) is 6.92 Å². The lowest BCUT2D eigenvalue weighted by molar-refractivity contribution is -0.131.